The van der Waals surface area contributed by atoms with E-state index in [0.29, 0.717) is 12.4 Å². The van der Waals surface area contributed by atoms with Gasteiger partial charge in [-0.15, -0.1) is 35.3 Å². The number of aryl methyl sites for hydroxylation is 1. The Morgan fingerprint density at radius 1 is 1.32 bits per heavy atom. The highest BCUT2D eigenvalue weighted by molar-refractivity contribution is 14.0. The fourth-order valence-electron chi connectivity index (χ4n) is 2.05. The number of aliphatic imine (C=N–C) groups is 1. The normalized spacial score (nSPS) is 12.0. The lowest BCUT2D eigenvalue weighted by Crippen LogP contribution is -2.38. The summed E-state index contributed by atoms with van der Waals surface area (Å²) in [6, 6.07) is 0. The van der Waals surface area contributed by atoms with Crippen LogP contribution in [0.25, 0.3) is 0 Å². The number of hydrogen-bond donors (Lipinski definition) is 2. The minimum atomic E-state index is -0.0383. The van der Waals surface area contributed by atoms with E-state index in [4.69, 9.17) is 4.42 Å². The highest BCUT2D eigenvalue weighted by atomic mass is 127. The summed E-state index contributed by atoms with van der Waals surface area (Å²) in [5.41, 5.74) is 1.08. The Balaban J connectivity index is 0.00000312. The van der Waals surface area contributed by atoms with Gasteiger partial charge in [-0.25, -0.2) is 15.0 Å². The molecule has 8 heteroatoms. The van der Waals surface area contributed by atoms with Gasteiger partial charge in [-0.2, -0.15) is 0 Å². The van der Waals surface area contributed by atoms with Gasteiger partial charge < -0.3 is 15.1 Å². The molecule has 0 saturated carbocycles. The van der Waals surface area contributed by atoms with E-state index in [-0.39, 0.29) is 29.4 Å². The minimum Gasteiger partial charge on any atom is -0.443 e. The van der Waals surface area contributed by atoms with E-state index in [9.17, 15) is 0 Å². The molecule has 0 saturated heterocycles. The first-order valence-corrected chi connectivity index (χ1v) is 9.15. The number of guanidine groups is 1. The Kier molecular flexibility index (Phi) is 8.84. The first-order valence-electron chi connectivity index (χ1n) is 8.27. The molecule has 2 aromatic rings. The number of nitrogens with zero attached hydrogens (tertiary/aromatic N) is 3. The molecule has 25 heavy (non-hydrogen) atoms. The van der Waals surface area contributed by atoms with Crippen LogP contribution in [0.3, 0.4) is 0 Å². The van der Waals surface area contributed by atoms with Crippen molar-refractivity contribution in [2.75, 3.05) is 13.1 Å². The molecular weight excluding hydrogens is 449 g/mol. The van der Waals surface area contributed by atoms with Gasteiger partial charge in [0, 0.05) is 30.3 Å². The van der Waals surface area contributed by atoms with Crippen LogP contribution in [0.4, 0.5) is 0 Å². The van der Waals surface area contributed by atoms with E-state index in [2.05, 4.69) is 51.7 Å². The summed E-state index contributed by atoms with van der Waals surface area (Å²) in [5.74, 6) is 2.27. The van der Waals surface area contributed by atoms with Gasteiger partial charge in [0.2, 0.25) is 5.89 Å². The lowest BCUT2D eigenvalue weighted by molar-refractivity contribution is 0.383. The molecule has 0 amide bonds. The second-order valence-electron chi connectivity index (χ2n) is 6.60. The number of aromatic nitrogens is 2. The van der Waals surface area contributed by atoms with Crippen LogP contribution in [0.2, 0.25) is 0 Å². The quantitative estimate of drug-likeness (QED) is 0.378. The summed E-state index contributed by atoms with van der Waals surface area (Å²) < 4.78 is 5.77. The lowest BCUT2D eigenvalue weighted by Gasteiger charge is -2.13. The molecule has 0 radical (unpaired) electrons. The van der Waals surface area contributed by atoms with Crippen LogP contribution in [-0.2, 0) is 18.4 Å². The Morgan fingerprint density at radius 3 is 2.64 bits per heavy atom. The van der Waals surface area contributed by atoms with E-state index < -0.39 is 0 Å². The van der Waals surface area contributed by atoms with Crippen LogP contribution < -0.4 is 10.6 Å². The van der Waals surface area contributed by atoms with Crippen molar-refractivity contribution in [2.45, 2.75) is 53.0 Å². The van der Waals surface area contributed by atoms with Gasteiger partial charge in [-0.3, -0.25) is 0 Å². The Morgan fingerprint density at radius 2 is 2.08 bits per heavy atom. The van der Waals surface area contributed by atoms with Crippen molar-refractivity contribution in [3.05, 3.63) is 33.9 Å². The molecule has 2 aromatic heterocycles. The zero-order valence-corrected chi connectivity index (χ0v) is 18.7. The summed E-state index contributed by atoms with van der Waals surface area (Å²) in [6.07, 6.45) is 2.66. The lowest BCUT2D eigenvalue weighted by atomic mass is 9.94. The van der Waals surface area contributed by atoms with E-state index in [1.165, 1.54) is 0 Å². The molecule has 0 fully saturated rings. The minimum absolute atomic E-state index is 0. The van der Waals surface area contributed by atoms with Gasteiger partial charge in [0.1, 0.15) is 12.3 Å². The molecule has 0 bridgehead atoms. The molecule has 140 valence electrons. The smallest absolute Gasteiger partial charge is 0.216 e. The van der Waals surface area contributed by atoms with Gasteiger partial charge in [0.15, 0.2) is 5.96 Å². The summed E-state index contributed by atoms with van der Waals surface area (Å²) in [4.78, 5) is 13.3. The molecular formula is C17H28IN5OS. The van der Waals surface area contributed by atoms with Crippen LogP contribution in [-0.4, -0.2) is 29.0 Å². The van der Waals surface area contributed by atoms with Gasteiger partial charge >= 0.3 is 0 Å². The Labute approximate surface area is 171 Å². The first kappa shape index (κ1) is 21.9. The number of thiazole rings is 1. The fourth-order valence-corrected chi connectivity index (χ4v) is 2.70. The summed E-state index contributed by atoms with van der Waals surface area (Å²) in [5, 5.41) is 9.75. The molecule has 0 spiro atoms. The van der Waals surface area contributed by atoms with Crippen molar-refractivity contribution in [3.63, 3.8) is 0 Å². The topological polar surface area (TPSA) is 75.3 Å². The van der Waals surface area contributed by atoms with E-state index in [0.717, 1.165) is 41.9 Å². The molecule has 2 N–H and O–H groups in total. The van der Waals surface area contributed by atoms with Crippen LogP contribution in [0.5, 0.6) is 0 Å². The third kappa shape index (κ3) is 7.31. The molecule has 0 aromatic carbocycles. The van der Waals surface area contributed by atoms with Gasteiger partial charge in [-0.1, -0.05) is 20.8 Å². The summed E-state index contributed by atoms with van der Waals surface area (Å²) >= 11 is 1.68. The second kappa shape index (κ2) is 10.1. The molecule has 2 rings (SSSR count). The monoisotopic (exact) mass is 477 g/mol. The average molecular weight is 477 g/mol. The predicted molar refractivity (Wildman–Crippen MR) is 114 cm³/mol. The third-order valence-electron chi connectivity index (χ3n) is 3.35. The van der Waals surface area contributed by atoms with Crippen LogP contribution in [0, 0.1) is 6.92 Å². The van der Waals surface area contributed by atoms with Gasteiger partial charge in [0.25, 0.3) is 0 Å². The van der Waals surface area contributed by atoms with Crippen LogP contribution in [0.15, 0.2) is 21.0 Å². The highest BCUT2D eigenvalue weighted by Gasteiger charge is 2.18. The van der Waals surface area contributed by atoms with Gasteiger partial charge in [-0.05, 0) is 13.8 Å². The van der Waals surface area contributed by atoms with Crippen LogP contribution in [0.1, 0.15) is 50.0 Å². The standard InChI is InChI=1S/C17H27N5OS.HI/c1-6-18-16(19-8-7-13-11-24-12(2)22-13)21-10-15-20-9-14(23-15)17(3,4)5;/h9,11H,6-8,10H2,1-5H3,(H2,18,19,21);1H. The number of nitrogens with one attached hydrogen (secondary N) is 2. The van der Waals surface area contributed by atoms with Crippen LogP contribution >= 0.6 is 35.3 Å². The Hall–Kier alpha value is -1.16. The maximum Gasteiger partial charge on any atom is 0.216 e. The number of hydrogen-bond acceptors (Lipinski definition) is 5. The molecule has 6 nitrogen and oxygen atoms in total. The molecule has 0 unspecified atom stereocenters. The molecule has 2 heterocycles. The number of oxazole rings is 1. The maximum atomic E-state index is 5.77. The predicted octanol–water partition coefficient (Wildman–Crippen LogP) is 3.65. The van der Waals surface area contributed by atoms with Gasteiger partial charge in [0.05, 0.1) is 16.9 Å². The fraction of sp³-hybridized carbons (Fsp3) is 0.588. The highest BCUT2D eigenvalue weighted by Crippen LogP contribution is 2.22. The van der Waals surface area contributed by atoms with Crippen molar-refractivity contribution in [2.24, 2.45) is 4.99 Å². The SMILES string of the molecule is CCNC(=NCc1ncc(C(C)(C)C)o1)NCCc1csc(C)n1.I. The Bertz CT molecular complexity index is 675. The van der Waals surface area contributed by atoms with E-state index >= 15 is 0 Å². The molecule has 0 atom stereocenters. The van der Waals surface area contributed by atoms with Crippen molar-refractivity contribution in [1.29, 1.82) is 0 Å². The maximum absolute atomic E-state index is 5.77. The second-order valence-corrected chi connectivity index (χ2v) is 7.66. The van der Waals surface area contributed by atoms with Crippen molar-refractivity contribution in [3.8, 4) is 0 Å². The third-order valence-corrected chi connectivity index (χ3v) is 4.17. The van der Waals surface area contributed by atoms with Crippen molar-refractivity contribution in [1.82, 2.24) is 20.6 Å². The largest absolute Gasteiger partial charge is 0.443 e. The van der Waals surface area contributed by atoms with Crippen molar-refractivity contribution < 1.29 is 4.42 Å². The number of halogens is 1. The first-order chi connectivity index (χ1) is 11.4. The number of rotatable bonds is 6. The summed E-state index contributed by atoms with van der Waals surface area (Å²) in [7, 11) is 0. The van der Waals surface area contributed by atoms with E-state index in [1.54, 1.807) is 17.5 Å². The average Bonchev–Trinajstić information content (AvgIpc) is 3.13. The van der Waals surface area contributed by atoms with E-state index in [1.807, 2.05) is 13.8 Å². The zero-order chi connectivity index (χ0) is 17.6. The van der Waals surface area contributed by atoms with Crippen molar-refractivity contribution >= 4 is 41.3 Å². The zero-order valence-electron chi connectivity index (χ0n) is 15.5. The molecule has 0 aliphatic carbocycles. The summed E-state index contributed by atoms with van der Waals surface area (Å²) in [6.45, 7) is 12.4. The molecule has 0 aliphatic heterocycles. The molecule has 0 aliphatic rings.